The van der Waals surface area contributed by atoms with Crippen molar-refractivity contribution in [3.63, 3.8) is 0 Å². The van der Waals surface area contributed by atoms with Crippen LogP contribution in [0.3, 0.4) is 0 Å². The first-order valence-corrected chi connectivity index (χ1v) is 9.66. The van der Waals surface area contributed by atoms with Crippen LogP contribution < -0.4 is 5.43 Å². The lowest BCUT2D eigenvalue weighted by molar-refractivity contribution is -0.120. The highest BCUT2D eigenvalue weighted by Gasteiger charge is 2.07. The Kier molecular flexibility index (Phi) is 5.48. The van der Waals surface area contributed by atoms with E-state index in [2.05, 4.69) is 46.9 Å². The van der Waals surface area contributed by atoms with E-state index in [-0.39, 0.29) is 5.91 Å². The third-order valence-corrected chi connectivity index (χ3v) is 4.99. The van der Waals surface area contributed by atoms with Gasteiger partial charge in [0.25, 0.3) is 0 Å². The highest BCUT2D eigenvalue weighted by Crippen LogP contribution is 2.20. The molecule has 142 valence electrons. The molecule has 0 unspecified atom stereocenters. The predicted molar refractivity (Wildman–Crippen MR) is 120 cm³/mol. The zero-order valence-electron chi connectivity index (χ0n) is 16.3. The number of fused-ring (bicyclic) bond motifs is 1. The molecule has 29 heavy (non-hydrogen) atoms. The van der Waals surface area contributed by atoms with E-state index in [0.717, 1.165) is 33.2 Å². The molecule has 0 saturated heterocycles. The Morgan fingerprint density at radius 2 is 1.41 bits per heavy atom. The van der Waals surface area contributed by atoms with Crippen LogP contribution in [0, 0.1) is 0 Å². The fourth-order valence-corrected chi connectivity index (χ4v) is 3.40. The summed E-state index contributed by atoms with van der Waals surface area (Å²) >= 11 is 0. The Balaban J connectivity index is 1.43. The van der Waals surface area contributed by atoms with Gasteiger partial charge in [-0.05, 0) is 39.9 Å². The number of carbonyl (C=O) groups excluding carboxylic acids is 1. The molecule has 0 aromatic heterocycles. The van der Waals surface area contributed by atoms with Crippen LogP contribution in [0.4, 0.5) is 0 Å². The van der Waals surface area contributed by atoms with E-state index in [1.807, 2.05) is 67.6 Å². The third-order valence-electron chi connectivity index (χ3n) is 4.99. The van der Waals surface area contributed by atoms with Crippen LogP contribution >= 0.6 is 0 Å². The van der Waals surface area contributed by atoms with Gasteiger partial charge in [-0.3, -0.25) is 4.79 Å². The van der Waals surface area contributed by atoms with Gasteiger partial charge in [-0.2, -0.15) is 5.10 Å². The van der Waals surface area contributed by atoms with Gasteiger partial charge in [0.1, 0.15) is 0 Å². The molecule has 0 heterocycles. The zero-order chi connectivity index (χ0) is 20.1. The summed E-state index contributed by atoms with van der Waals surface area (Å²) in [5, 5.41) is 6.52. The normalized spacial score (nSPS) is 11.4. The van der Waals surface area contributed by atoms with Gasteiger partial charge >= 0.3 is 0 Å². The minimum atomic E-state index is -0.124. The third kappa shape index (κ3) is 4.41. The second kappa shape index (κ2) is 8.53. The molecule has 0 bridgehead atoms. The van der Waals surface area contributed by atoms with E-state index in [9.17, 15) is 4.79 Å². The molecular formula is C26H22N2O. The summed E-state index contributed by atoms with van der Waals surface area (Å²) in [6.07, 6.45) is 0.297. The van der Waals surface area contributed by atoms with Gasteiger partial charge in [-0.1, -0.05) is 97.1 Å². The quantitative estimate of drug-likeness (QED) is 0.357. The number of carbonyl (C=O) groups is 1. The summed E-state index contributed by atoms with van der Waals surface area (Å²) in [6, 6.07) is 32.5. The molecule has 4 aromatic carbocycles. The van der Waals surface area contributed by atoms with Crippen molar-refractivity contribution in [2.75, 3.05) is 0 Å². The maximum atomic E-state index is 12.4. The van der Waals surface area contributed by atoms with Crippen LogP contribution in [0.5, 0.6) is 0 Å². The van der Waals surface area contributed by atoms with Crippen LogP contribution in [-0.2, 0) is 11.2 Å². The summed E-state index contributed by atoms with van der Waals surface area (Å²) in [4.78, 5) is 12.4. The number of hydrogen-bond donors (Lipinski definition) is 1. The highest BCUT2D eigenvalue weighted by atomic mass is 16.2. The molecule has 0 fully saturated rings. The number of nitrogens with one attached hydrogen (secondary N) is 1. The SMILES string of the molecule is C/C(=N\NC(=O)Cc1cccc2ccccc12)c1ccc(-c2ccccc2)cc1. The average molecular weight is 378 g/mol. The maximum Gasteiger partial charge on any atom is 0.244 e. The van der Waals surface area contributed by atoms with Crippen molar-refractivity contribution in [3.8, 4) is 11.1 Å². The summed E-state index contributed by atoms with van der Waals surface area (Å²) in [6.45, 7) is 1.90. The van der Waals surface area contributed by atoms with Crippen LogP contribution in [0.2, 0.25) is 0 Å². The molecule has 0 aliphatic rings. The molecule has 3 heteroatoms. The van der Waals surface area contributed by atoms with Crippen molar-refractivity contribution in [2.24, 2.45) is 5.10 Å². The topological polar surface area (TPSA) is 41.5 Å². The first kappa shape index (κ1) is 18.6. The van der Waals surface area contributed by atoms with Crippen molar-refractivity contribution in [3.05, 3.63) is 108 Å². The number of rotatable bonds is 5. The molecule has 3 nitrogen and oxygen atoms in total. The second-order valence-electron chi connectivity index (χ2n) is 6.99. The summed E-state index contributed by atoms with van der Waals surface area (Å²) < 4.78 is 0. The fourth-order valence-electron chi connectivity index (χ4n) is 3.40. The summed E-state index contributed by atoms with van der Waals surface area (Å²) in [5.74, 6) is -0.124. The largest absolute Gasteiger partial charge is 0.273 e. The predicted octanol–water partition coefficient (Wildman–Crippen LogP) is 5.59. The van der Waals surface area contributed by atoms with Crippen molar-refractivity contribution in [1.29, 1.82) is 0 Å². The Hall–Kier alpha value is -3.72. The Morgan fingerprint density at radius 3 is 2.21 bits per heavy atom. The first-order valence-electron chi connectivity index (χ1n) is 9.66. The molecule has 4 aromatic rings. The lowest BCUT2D eigenvalue weighted by atomic mass is 10.0. The first-order chi connectivity index (χ1) is 14.2. The standard InChI is InChI=1S/C26H22N2O/c1-19(20-14-16-22(17-15-20)21-8-3-2-4-9-21)27-28-26(29)18-24-12-7-11-23-10-5-6-13-25(23)24/h2-17H,18H2,1H3,(H,28,29)/b27-19+. The highest BCUT2D eigenvalue weighted by molar-refractivity contribution is 5.99. The minimum absolute atomic E-state index is 0.124. The monoisotopic (exact) mass is 378 g/mol. The van der Waals surface area contributed by atoms with Crippen molar-refractivity contribution in [1.82, 2.24) is 5.43 Å². The van der Waals surface area contributed by atoms with E-state index in [4.69, 9.17) is 0 Å². The van der Waals surface area contributed by atoms with E-state index in [0.29, 0.717) is 6.42 Å². The van der Waals surface area contributed by atoms with Crippen molar-refractivity contribution >= 4 is 22.4 Å². The molecular weight excluding hydrogens is 356 g/mol. The fraction of sp³-hybridized carbons (Fsp3) is 0.0769. The zero-order valence-corrected chi connectivity index (χ0v) is 16.3. The minimum Gasteiger partial charge on any atom is -0.273 e. The molecule has 0 radical (unpaired) electrons. The van der Waals surface area contributed by atoms with Gasteiger partial charge in [-0.15, -0.1) is 0 Å². The van der Waals surface area contributed by atoms with Crippen molar-refractivity contribution in [2.45, 2.75) is 13.3 Å². The lowest BCUT2D eigenvalue weighted by Crippen LogP contribution is -2.21. The van der Waals surface area contributed by atoms with Gasteiger partial charge in [0.15, 0.2) is 0 Å². The average Bonchev–Trinajstić information content (AvgIpc) is 2.78. The molecule has 0 saturated carbocycles. The van der Waals surface area contributed by atoms with Crippen molar-refractivity contribution < 1.29 is 4.79 Å². The Morgan fingerprint density at radius 1 is 0.759 bits per heavy atom. The van der Waals surface area contributed by atoms with E-state index >= 15 is 0 Å². The Labute approximate surface area is 170 Å². The number of amides is 1. The maximum absolute atomic E-state index is 12.4. The van der Waals surface area contributed by atoms with Gasteiger partial charge in [0, 0.05) is 0 Å². The van der Waals surface area contributed by atoms with E-state index in [1.54, 1.807) is 0 Å². The van der Waals surface area contributed by atoms with Gasteiger partial charge in [-0.25, -0.2) is 5.43 Å². The molecule has 1 amide bonds. The second-order valence-corrected chi connectivity index (χ2v) is 6.99. The van der Waals surface area contributed by atoms with Crippen LogP contribution in [0.15, 0.2) is 102 Å². The lowest BCUT2D eigenvalue weighted by Gasteiger charge is -2.07. The van der Waals surface area contributed by atoms with Crippen LogP contribution in [0.1, 0.15) is 18.1 Å². The van der Waals surface area contributed by atoms with E-state index in [1.165, 1.54) is 5.56 Å². The van der Waals surface area contributed by atoms with Gasteiger partial charge in [0.05, 0.1) is 12.1 Å². The number of benzene rings is 4. The molecule has 0 aliphatic carbocycles. The smallest absolute Gasteiger partial charge is 0.244 e. The summed E-state index contributed by atoms with van der Waals surface area (Å²) in [7, 11) is 0. The van der Waals surface area contributed by atoms with Gasteiger partial charge in [0.2, 0.25) is 5.91 Å². The molecule has 4 rings (SSSR count). The van der Waals surface area contributed by atoms with Crippen LogP contribution in [-0.4, -0.2) is 11.6 Å². The number of hydrazone groups is 1. The van der Waals surface area contributed by atoms with Crippen LogP contribution in [0.25, 0.3) is 21.9 Å². The Bertz CT molecular complexity index is 1160. The van der Waals surface area contributed by atoms with E-state index < -0.39 is 0 Å². The number of nitrogens with zero attached hydrogens (tertiary/aromatic N) is 1. The summed E-state index contributed by atoms with van der Waals surface area (Å²) in [5.41, 5.74) is 7.78. The van der Waals surface area contributed by atoms with Gasteiger partial charge < -0.3 is 0 Å². The molecule has 1 N–H and O–H groups in total. The molecule has 0 aliphatic heterocycles. The molecule has 0 spiro atoms. The number of hydrogen-bond acceptors (Lipinski definition) is 2. The molecule has 0 atom stereocenters.